The van der Waals surface area contributed by atoms with E-state index in [0.29, 0.717) is 19.4 Å². The van der Waals surface area contributed by atoms with Gasteiger partial charge in [-0.3, -0.25) is 0 Å². The van der Waals surface area contributed by atoms with Crippen molar-refractivity contribution < 1.29 is 5.11 Å². The highest BCUT2D eigenvalue weighted by Crippen LogP contribution is 2.18. The van der Waals surface area contributed by atoms with Gasteiger partial charge < -0.3 is 10.8 Å². The molecule has 0 fully saturated rings. The maximum atomic E-state index is 10.1. The minimum absolute atomic E-state index is 0.317. The van der Waals surface area contributed by atoms with Gasteiger partial charge >= 0.3 is 0 Å². The van der Waals surface area contributed by atoms with E-state index in [0.717, 1.165) is 0 Å². The van der Waals surface area contributed by atoms with E-state index in [9.17, 15) is 5.11 Å². The summed E-state index contributed by atoms with van der Waals surface area (Å²) in [4.78, 5) is 0. The van der Waals surface area contributed by atoms with Gasteiger partial charge in [0.25, 0.3) is 0 Å². The number of nitrogens with two attached hydrogens (primary N) is 1. The monoisotopic (exact) mass is 193 g/mol. The molecule has 0 bridgehead atoms. The Labute approximate surface area is 85.8 Å². The maximum Gasteiger partial charge on any atom is 0.0807 e. The molecule has 3 N–H and O–H groups in total. The van der Waals surface area contributed by atoms with E-state index in [-0.39, 0.29) is 0 Å². The molecule has 2 heteroatoms. The molecule has 0 aliphatic rings. The lowest BCUT2D eigenvalue weighted by Crippen LogP contribution is -2.39. The molecule has 1 rings (SSSR count). The van der Waals surface area contributed by atoms with Crippen LogP contribution in [-0.2, 0) is 6.42 Å². The van der Waals surface area contributed by atoms with Gasteiger partial charge in [0.2, 0.25) is 0 Å². The number of aryl methyl sites for hydroxylation is 1. The SMILES string of the molecule is CCC(O)(CN)Cc1ccccc1C. The van der Waals surface area contributed by atoms with Crippen LogP contribution in [0.3, 0.4) is 0 Å². The topological polar surface area (TPSA) is 46.2 Å². The van der Waals surface area contributed by atoms with Crippen LogP contribution in [0.4, 0.5) is 0 Å². The highest BCUT2D eigenvalue weighted by atomic mass is 16.3. The first-order valence-electron chi connectivity index (χ1n) is 5.08. The summed E-state index contributed by atoms with van der Waals surface area (Å²) in [5.41, 5.74) is 7.22. The molecule has 1 unspecified atom stereocenters. The van der Waals surface area contributed by atoms with Crippen molar-refractivity contribution in [3.8, 4) is 0 Å². The quantitative estimate of drug-likeness (QED) is 0.763. The van der Waals surface area contributed by atoms with Crippen molar-refractivity contribution in [2.24, 2.45) is 5.73 Å². The van der Waals surface area contributed by atoms with Crippen LogP contribution in [0.25, 0.3) is 0 Å². The van der Waals surface area contributed by atoms with Gasteiger partial charge in [-0.25, -0.2) is 0 Å². The van der Waals surface area contributed by atoms with Crippen molar-refractivity contribution in [3.63, 3.8) is 0 Å². The lowest BCUT2D eigenvalue weighted by molar-refractivity contribution is 0.0454. The molecule has 0 spiro atoms. The van der Waals surface area contributed by atoms with Gasteiger partial charge in [-0.1, -0.05) is 31.2 Å². The van der Waals surface area contributed by atoms with Crippen LogP contribution >= 0.6 is 0 Å². The Kier molecular flexibility index (Phi) is 3.67. The number of benzene rings is 1. The molecule has 0 radical (unpaired) electrons. The van der Waals surface area contributed by atoms with Crippen LogP contribution in [-0.4, -0.2) is 17.3 Å². The summed E-state index contributed by atoms with van der Waals surface area (Å²) < 4.78 is 0. The standard InChI is InChI=1S/C12H19NO/c1-3-12(14,9-13)8-11-7-5-4-6-10(11)2/h4-7,14H,3,8-9,13H2,1-2H3. The Hall–Kier alpha value is -0.860. The lowest BCUT2D eigenvalue weighted by Gasteiger charge is -2.25. The third-order valence-electron chi connectivity index (χ3n) is 2.82. The van der Waals surface area contributed by atoms with E-state index in [1.807, 2.05) is 25.1 Å². The van der Waals surface area contributed by atoms with E-state index in [2.05, 4.69) is 13.0 Å². The molecular formula is C12H19NO. The van der Waals surface area contributed by atoms with Gasteiger partial charge in [-0.15, -0.1) is 0 Å². The lowest BCUT2D eigenvalue weighted by atomic mass is 9.90. The molecule has 14 heavy (non-hydrogen) atoms. The van der Waals surface area contributed by atoms with E-state index < -0.39 is 5.60 Å². The summed E-state index contributed by atoms with van der Waals surface area (Å²) in [7, 11) is 0. The largest absolute Gasteiger partial charge is 0.388 e. The fraction of sp³-hybridized carbons (Fsp3) is 0.500. The second-order valence-corrected chi connectivity index (χ2v) is 3.89. The molecule has 1 aromatic carbocycles. The molecule has 1 atom stereocenters. The molecule has 0 aliphatic carbocycles. The molecule has 0 aliphatic heterocycles. The molecule has 1 aromatic rings. The summed E-state index contributed by atoms with van der Waals surface area (Å²) >= 11 is 0. The zero-order valence-corrected chi connectivity index (χ0v) is 8.96. The van der Waals surface area contributed by atoms with E-state index in [1.54, 1.807) is 0 Å². The van der Waals surface area contributed by atoms with Crippen LogP contribution in [0.15, 0.2) is 24.3 Å². The smallest absolute Gasteiger partial charge is 0.0807 e. The predicted molar refractivity (Wildman–Crippen MR) is 59.2 cm³/mol. The zero-order valence-electron chi connectivity index (χ0n) is 8.96. The molecule has 0 heterocycles. The highest BCUT2D eigenvalue weighted by molar-refractivity contribution is 5.27. The number of rotatable bonds is 4. The zero-order chi connectivity index (χ0) is 10.6. The molecule has 0 amide bonds. The van der Waals surface area contributed by atoms with Gasteiger partial charge in [0.1, 0.15) is 0 Å². The Morgan fingerprint density at radius 2 is 2.00 bits per heavy atom. The molecule has 78 valence electrons. The first-order chi connectivity index (χ1) is 6.61. The summed E-state index contributed by atoms with van der Waals surface area (Å²) in [6.45, 7) is 4.34. The average Bonchev–Trinajstić information content (AvgIpc) is 2.21. The third-order valence-corrected chi connectivity index (χ3v) is 2.82. The number of aliphatic hydroxyl groups is 1. The second-order valence-electron chi connectivity index (χ2n) is 3.89. The second kappa shape index (κ2) is 4.58. The molecule has 2 nitrogen and oxygen atoms in total. The van der Waals surface area contributed by atoms with Crippen molar-refractivity contribution >= 4 is 0 Å². The number of hydrogen-bond donors (Lipinski definition) is 2. The summed E-state index contributed by atoms with van der Waals surface area (Å²) in [5, 5.41) is 10.1. The van der Waals surface area contributed by atoms with Crippen molar-refractivity contribution in [1.82, 2.24) is 0 Å². The Balaban J connectivity index is 2.82. The van der Waals surface area contributed by atoms with Crippen molar-refractivity contribution in [3.05, 3.63) is 35.4 Å². The van der Waals surface area contributed by atoms with Gasteiger partial charge in [0.15, 0.2) is 0 Å². The average molecular weight is 193 g/mol. The Morgan fingerprint density at radius 3 is 2.50 bits per heavy atom. The maximum absolute atomic E-state index is 10.1. The molecule has 0 aromatic heterocycles. The van der Waals surface area contributed by atoms with E-state index in [4.69, 9.17) is 5.73 Å². The predicted octanol–water partition coefficient (Wildman–Crippen LogP) is 1.64. The molecule has 0 saturated heterocycles. The van der Waals surface area contributed by atoms with E-state index >= 15 is 0 Å². The van der Waals surface area contributed by atoms with E-state index in [1.165, 1.54) is 11.1 Å². The fourth-order valence-electron chi connectivity index (χ4n) is 1.50. The van der Waals surface area contributed by atoms with Crippen molar-refractivity contribution in [1.29, 1.82) is 0 Å². The summed E-state index contributed by atoms with van der Waals surface area (Å²) in [5.74, 6) is 0. The molecule has 0 saturated carbocycles. The third kappa shape index (κ3) is 2.56. The Bertz CT molecular complexity index is 292. The summed E-state index contributed by atoms with van der Waals surface area (Å²) in [6, 6.07) is 8.11. The van der Waals surface area contributed by atoms with Crippen LogP contribution in [0.5, 0.6) is 0 Å². The Morgan fingerprint density at radius 1 is 1.36 bits per heavy atom. The van der Waals surface area contributed by atoms with Crippen LogP contribution in [0, 0.1) is 6.92 Å². The first kappa shape index (κ1) is 11.2. The number of hydrogen-bond acceptors (Lipinski definition) is 2. The molecular weight excluding hydrogens is 174 g/mol. The van der Waals surface area contributed by atoms with Gasteiger partial charge in [-0.05, 0) is 24.5 Å². The van der Waals surface area contributed by atoms with Gasteiger partial charge in [-0.2, -0.15) is 0 Å². The normalized spacial score (nSPS) is 15.1. The fourth-order valence-corrected chi connectivity index (χ4v) is 1.50. The van der Waals surface area contributed by atoms with Crippen LogP contribution < -0.4 is 5.73 Å². The minimum atomic E-state index is -0.744. The van der Waals surface area contributed by atoms with Gasteiger partial charge in [0, 0.05) is 13.0 Å². The van der Waals surface area contributed by atoms with Gasteiger partial charge in [0.05, 0.1) is 5.60 Å². The highest BCUT2D eigenvalue weighted by Gasteiger charge is 2.23. The van der Waals surface area contributed by atoms with Crippen molar-refractivity contribution in [2.75, 3.05) is 6.54 Å². The minimum Gasteiger partial charge on any atom is -0.388 e. The van der Waals surface area contributed by atoms with Crippen LogP contribution in [0.2, 0.25) is 0 Å². The van der Waals surface area contributed by atoms with Crippen LogP contribution in [0.1, 0.15) is 24.5 Å². The summed E-state index contributed by atoms with van der Waals surface area (Å²) in [6.07, 6.45) is 1.34. The van der Waals surface area contributed by atoms with Crippen molar-refractivity contribution in [2.45, 2.75) is 32.3 Å². The first-order valence-corrected chi connectivity index (χ1v) is 5.08.